The summed E-state index contributed by atoms with van der Waals surface area (Å²) in [7, 11) is 1.35. The fourth-order valence-corrected chi connectivity index (χ4v) is 2.93. The molecule has 4 nitrogen and oxygen atoms in total. The van der Waals surface area contributed by atoms with Crippen molar-refractivity contribution in [1.29, 1.82) is 0 Å². The first-order chi connectivity index (χ1) is 7.65. The maximum absolute atomic E-state index is 11.7. The summed E-state index contributed by atoms with van der Waals surface area (Å²) in [5.74, 6) is -0.457. The Morgan fingerprint density at radius 3 is 2.94 bits per heavy atom. The predicted molar refractivity (Wildman–Crippen MR) is 60.2 cm³/mol. The molecule has 2 heterocycles. The SMILES string of the molecule is COC(=O)[C@@H]1c2ccsc2CCN1C(C)=O. The van der Waals surface area contributed by atoms with Crippen molar-refractivity contribution in [3.63, 3.8) is 0 Å². The number of carbonyl (C=O) groups excluding carboxylic acids is 2. The highest BCUT2D eigenvalue weighted by molar-refractivity contribution is 7.10. The minimum Gasteiger partial charge on any atom is -0.467 e. The largest absolute Gasteiger partial charge is 0.467 e. The first kappa shape index (κ1) is 11.1. The van der Waals surface area contributed by atoms with Gasteiger partial charge in [-0.15, -0.1) is 11.3 Å². The standard InChI is InChI=1S/C11H13NO3S/c1-7(13)12-5-3-9-8(4-6-16-9)10(12)11(14)15-2/h4,6,10H,3,5H2,1-2H3/t10-/m0/s1. The lowest BCUT2D eigenvalue weighted by molar-refractivity contribution is -0.153. The van der Waals surface area contributed by atoms with Gasteiger partial charge in [0.2, 0.25) is 5.91 Å². The van der Waals surface area contributed by atoms with Crippen molar-refractivity contribution in [2.45, 2.75) is 19.4 Å². The molecule has 16 heavy (non-hydrogen) atoms. The molecule has 0 aromatic carbocycles. The zero-order chi connectivity index (χ0) is 11.7. The first-order valence-corrected chi connectivity index (χ1v) is 5.94. The lowest BCUT2D eigenvalue weighted by Gasteiger charge is -2.33. The molecule has 5 heteroatoms. The third kappa shape index (κ3) is 1.71. The molecule has 0 unspecified atom stereocenters. The van der Waals surface area contributed by atoms with Crippen molar-refractivity contribution in [2.24, 2.45) is 0 Å². The second-order valence-electron chi connectivity index (χ2n) is 3.69. The molecule has 0 N–H and O–H groups in total. The van der Waals surface area contributed by atoms with Gasteiger partial charge in [-0.2, -0.15) is 0 Å². The molecule has 1 amide bonds. The quantitative estimate of drug-likeness (QED) is 0.695. The molecule has 1 aromatic heterocycles. The van der Waals surface area contributed by atoms with Gasteiger partial charge in [0.05, 0.1) is 7.11 Å². The first-order valence-electron chi connectivity index (χ1n) is 5.06. The zero-order valence-electron chi connectivity index (χ0n) is 9.23. The molecule has 0 aliphatic carbocycles. The number of methoxy groups -OCH3 is 1. The van der Waals surface area contributed by atoms with Crippen LogP contribution in [0.1, 0.15) is 23.4 Å². The molecule has 0 saturated heterocycles. The predicted octanol–water partition coefficient (Wildman–Crippen LogP) is 1.37. The van der Waals surface area contributed by atoms with Crippen molar-refractivity contribution in [3.05, 3.63) is 21.9 Å². The van der Waals surface area contributed by atoms with Crippen LogP contribution >= 0.6 is 11.3 Å². The Morgan fingerprint density at radius 1 is 1.56 bits per heavy atom. The number of amides is 1. The van der Waals surface area contributed by atoms with E-state index < -0.39 is 6.04 Å². The summed E-state index contributed by atoms with van der Waals surface area (Å²) in [4.78, 5) is 26.0. The van der Waals surface area contributed by atoms with Crippen LogP contribution in [0, 0.1) is 0 Å². The number of carbonyl (C=O) groups is 2. The molecule has 0 bridgehead atoms. The number of esters is 1. The molecule has 0 fully saturated rings. The second kappa shape index (κ2) is 4.25. The normalized spacial score (nSPS) is 19.1. The van der Waals surface area contributed by atoms with Crippen molar-refractivity contribution in [3.8, 4) is 0 Å². The molecular formula is C11H13NO3S. The molecule has 1 atom stereocenters. The Morgan fingerprint density at radius 2 is 2.31 bits per heavy atom. The topological polar surface area (TPSA) is 46.6 Å². The molecule has 1 aliphatic heterocycles. The number of hydrogen-bond acceptors (Lipinski definition) is 4. The minimum absolute atomic E-state index is 0.0905. The Hall–Kier alpha value is -1.36. The summed E-state index contributed by atoms with van der Waals surface area (Å²) in [6, 6.07) is 1.34. The van der Waals surface area contributed by atoms with E-state index in [1.165, 1.54) is 18.9 Å². The van der Waals surface area contributed by atoms with Gasteiger partial charge in [0.1, 0.15) is 0 Å². The van der Waals surface area contributed by atoms with E-state index >= 15 is 0 Å². The van der Waals surface area contributed by atoms with Crippen molar-refractivity contribution in [1.82, 2.24) is 4.90 Å². The van der Waals surface area contributed by atoms with Gasteiger partial charge in [-0.25, -0.2) is 4.79 Å². The van der Waals surface area contributed by atoms with Crippen LogP contribution in [-0.4, -0.2) is 30.4 Å². The second-order valence-corrected chi connectivity index (χ2v) is 4.69. The molecule has 1 aliphatic rings. The monoisotopic (exact) mass is 239 g/mol. The van der Waals surface area contributed by atoms with E-state index in [-0.39, 0.29) is 11.9 Å². The number of fused-ring (bicyclic) bond motifs is 1. The van der Waals surface area contributed by atoms with Gasteiger partial charge in [0.15, 0.2) is 6.04 Å². The van der Waals surface area contributed by atoms with E-state index in [2.05, 4.69) is 0 Å². The van der Waals surface area contributed by atoms with Gasteiger partial charge in [-0.3, -0.25) is 4.79 Å². The molecule has 2 rings (SSSR count). The minimum atomic E-state index is -0.558. The van der Waals surface area contributed by atoms with E-state index in [4.69, 9.17) is 4.74 Å². The van der Waals surface area contributed by atoms with Crippen molar-refractivity contribution < 1.29 is 14.3 Å². The molecule has 0 spiro atoms. The Kier molecular flexibility index (Phi) is 2.96. The number of hydrogen-bond donors (Lipinski definition) is 0. The highest BCUT2D eigenvalue weighted by Gasteiger charge is 2.35. The van der Waals surface area contributed by atoms with Crippen LogP contribution in [0.5, 0.6) is 0 Å². The van der Waals surface area contributed by atoms with E-state index in [1.54, 1.807) is 16.2 Å². The van der Waals surface area contributed by atoms with Gasteiger partial charge in [0, 0.05) is 18.3 Å². The van der Waals surface area contributed by atoms with Crippen LogP contribution in [-0.2, 0) is 20.7 Å². The van der Waals surface area contributed by atoms with Gasteiger partial charge in [0.25, 0.3) is 0 Å². The summed E-state index contributed by atoms with van der Waals surface area (Å²) in [6.07, 6.45) is 0.820. The fourth-order valence-electron chi connectivity index (χ4n) is 2.02. The van der Waals surface area contributed by atoms with Crippen LogP contribution in [0.15, 0.2) is 11.4 Å². The molecular weight excluding hydrogens is 226 g/mol. The summed E-state index contributed by atoms with van der Waals surface area (Å²) in [5.41, 5.74) is 0.915. The van der Waals surface area contributed by atoms with Crippen LogP contribution in [0.4, 0.5) is 0 Å². The Balaban J connectivity index is 2.41. The highest BCUT2D eigenvalue weighted by atomic mass is 32.1. The van der Waals surface area contributed by atoms with Crippen LogP contribution < -0.4 is 0 Å². The third-order valence-corrected chi connectivity index (χ3v) is 3.79. The van der Waals surface area contributed by atoms with Gasteiger partial charge in [-0.05, 0) is 23.4 Å². The van der Waals surface area contributed by atoms with Crippen LogP contribution in [0.25, 0.3) is 0 Å². The smallest absolute Gasteiger partial charge is 0.333 e. The zero-order valence-corrected chi connectivity index (χ0v) is 10.0. The van der Waals surface area contributed by atoms with Crippen LogP contribution in [0.3, 0.4) is 0 Å². The average Bonchev–Trinajstić information content (AvgIpc) is 2.74. The van der Waals surface area contributed by atoms with Crippen molar-refractivity contribution in [2.75, 3.05) is 13.7 Å². The molecule has 0 saturated carbocycles. The summed E-state index contributed by atoms with van der Waals surface area (Å²) in [5, 5.41) is 1.95. The summed E-state index contributed by atoms with van der Waals surface area (Å²) in [6.45, 7) is 2.07. The molecule has 0 radical (unpaired) electrons. The van der Waals surface area contributed by atoms with Gasteiger partial charge in [-0.1, -0.05) is 0 Å². The van der Waals surface area contributed by atoms with Crippen LogP contribution in [0.2, 0.25) is 0 Å². The summed E-state index contributed by atoms with van der Waals surface area (Å²) >= 11 is 1.63. The summed E-state index contributed by atoms with van der Waals surface area (Å²) < 4.78 is 4.77. The fraction of sp³-hybridized carbons (Fsp3) is 0.455. The number of thiophene rings is 1. The van der Waals surface area contributed by atoms with E-state index in [9.17, 15) is 9.59 Å². The average molecular weight is 239 g/mol. The lowest BCUT2D eigenvalue weighted by atomic mass is 10.00. The van der Waals surface area contributed by atoms with E-state index in [0.29, 0.717) is 6.54 Å². The maximum Gasteiger partial charge on any atom is 0.333 e. The number of nitrogens with zero attached hydrogens (tertiary/aromatic N) is 1. The lowest BCUT2D eigenvalue weighted by Crippen LogP contribution is -2.42. The molecule has 86 valence electrons. The Bertz CT molecular complexity index is 427. The van der Waals surface area contributed by atoms with E-state index in [1.807, 2.05) is 11.4 Å². The van der Waals surface area contributed by atoms with Crippen molar-refractivity contribution >= 4 is 23.2 Å². The third-order valence-electron chi connectivity index (χ3n) is 2.79. The highest BCUT2D eigenvalue weighted by Crippen LogP contribution is 2.33. The number of ether oxygens (including phenoxy) is 1. The number of rotatable bonds is 1. The van der Waals surface area contributed by atoms with E-state index in [0.717, 1.165) is 12.0 Å². The Labute approximate surface area is 97.8 Å². The van der Waals surface area contributed by atoms with Gasteiger partial charge >= 0.3 is 5.97 Å². The van der Waals surface area contributed by atoms with Gasteiger partial charge < -0.3 is 9.64 Å². The maximum atomic E-state index is 11.7. The molecule has 1 aromatic rings.